The summed E-state index contributed by atoms with van der Waals surface area (Å²) < 4.78 is 22.6. The number of halogens is 1. The monoisotopic (exact) mass is 301 g/mol. The first kappa shape index (κ1) is 16.9. The van der Waals surface area contributed by atoms with E-state index in [4.69, 9.17) is 9.47 Å². The Hall–Kier alpha value is -1.11. The Morgan fingerprint density at radius 2 is 2.05 bits per heavy atom. The van der Waals surface area contributed by atoms with Gasteiger partial charge in [0.25, 0.3) is 0 Å². The zero-order valence-electron chi connectivity index (χ0n) is 11.6. The topological polar surface area (TPSA) is 47.6 Å². The maximum atomic E-state index is 12.7. The van der Waals surface area contributed by atoms with Gasteiger partial charge < -0.3 is 14.8 Å². The highest BCUT2D eigenvalue weighted by atomic mass is 32.2. The largest absolute Gasteiger partial charge is 0.382 e. The molecule has 0 aromatic heterocycles. The molecule has 4 nitrogen and oxygen atoms in total. The van der Waals surface area contributed by atoms with Crippen LogP contribution in [0, 0.1) is 5.82 Å². The second-order valence-corrected chi connectivity index (χ2v) is 5.22. The molecule has 0 bridgehead atoms. The van der Waals surface area contributed by atoms with Gasteiger partial charge in [-0.1, -0.05) is 0 Å². The predicted octanol–water partition coefficient (Wildman–Crippen LogP) is 2.09. The van der Waals surface area contributed by atoms with Crippen LogP contribution in [0.1, 0.15) is 6.42 Å². The number of nitrogens with one attached hydrogen (secondary N) is 1. The number of benzene rings is 1. The molecular formula is C14H20FNO3S. The van der Waals surface area contributed by atoms with Crippen LogP contribution in [0.2, 0.25) is 0 Å². The van der Waals surface area contributed by atoms with E-state index in [1.165, 1.54) is 12.1 Å². The Morgan fingerprint density at radius 1 is 1.30 bits per heavy atom. The molecule has 0 fully saturated rings. The summed E-state index contributed by atoms with van der Waals surface area (Å²) in [5, 5.41) is 2.78. The van der Waals surface area contributed by atoms with Crippen LogP contribution in [-0.2, 0) is 14.3 Å². The molecule has 0 aliphatic carbocycles. The molecule has 0 aliphatic rings. The third-order valence-electron chi connectivity index (χ3n) is 2.39. The Morgan fingerprint density at radius 3 is 2.75 bits per heavy atom. The number of amides is 1. The molecule has 0 saturated carbocycles. The quantitative estimate of drug-likeness (QED) is 0.531. The highest BCUT2D eigenvalue weighted by Gasteiger charge is 2.00. The fourth-order valence-electron chi connectivity index (χ4n) is 1.38. The molecule has 1 rings (SSSR count). The van der Waals surface area contributed by atoms with Gasteiger partial charge in [0, 0.05) is 18.6 Å². The van der Waals surface area contributed by atoms with Crippen LogP contribution < -0.4 is 5.32 Å². The van der Waals surface area contributed by atoms with Crippen LogP contribution in [0.15, 0.2) is 29.2 Å². The molecule has 0 atom stereocenters. The van der Waals surface area contributed by atoms with Crippen LogP contribution in [0.25, 0.3) is 0 Å². The molecule has 1 aromatic carbocycles. The van der Waals surface area contributed by atoms with Gasteiger partial charge in [0.1, 0.15) is 12.4 Å². The van der Waals surface area contributed by atoms with Gasteiger partial charge in [-0.25, -0.2) is 4.39 Å². The van der Waals surface area contributed by atoms with Crippen molar-refractivity contribution >= 4 is 17.7 Å². The van der Waals surface area contributed by atoms with Crippen molar-refractivity contribution in [2.24, 2.45) is 0 Å². The van der Waals surface area contributed by atoms with Gasteiger partial charge in [-0.3, -0.25) is 4.79 Å². The van der Waals surface area contributed by atoms with Gasteiger partial charge in [-0.05, 0) is 36.4 Å². The van der Waals surface area contributed by atoms with Gasteiger partial charge in [-0.15, -0.1) is 11.8 Å². The Balaban J connectivity index is 1.98. The van der Waals surface area contributed by atoms with Crippen LogP contribution in [0.3, 0.4) is 0 Å². The first-order valence-corrected chi connectivity index (χ1v) is 7.42. The second kappa shape index (κ2) is 10.7. The smallest absolute Gasteiger partial charge is 0.245 e. The molecule has 20 heavy (non-hydrogen) atoms. The summed E-state index contributed by atoms with van der Waals surface area (Å²) in [6, 6.07) is 6.40. The molecule has 0 saturated heterocycles. The van der Waals surface area contributed by atoms with Gasteiger partial charge >= 0.3 is 0 Å². The van der Waals surface area contributed by atoms with Gasteiger partial charge in [0.15, 0.2) is 0 Å². The zero-order chi connectivity index (χ0) is 14.6. The minimum atomic E-state index is -0.227. The van der Waals surface area contributed by atoms with Crippen molar-refractivity contribution in [2.45, 2.75) is 11.3 Å². The van der Waals surface area contributed by atoms with E-state index in [0.717, 1.165) is 17.1 Å². The lowest BCUT2D eigenvalue weighted by Gasteiger charge is -2.06. The van der Waals surface area contributed by atoms with Crippen molar-refractivity contribution in [2.75, 3.05) is 39.2 Å². The number of thioether (sulfide) groups is 1. The summed E-state index contributed by atoms with van der Waals surface area (Å²) in [7, 11) is 1.59. The number of hydrogen-bond donors (Lipinski definition) is 1. The fraction of sp³-hybridized carbons (Fsp3) is 0.500. The molecule has 112 valence electrons. The second-order valence-electron chi connectivity index (χ2n) is 4.05. The average Bonchev–Trinajstić information content (AvgIpc) is 2.45. The third-order valence-corrected chi connectivity index (χ3v) is 3.49. The van der Waals surface area contributed by atoms with Crippen molar-refractivity contribution in [3.8, 4) is 0 Å². The number of methoxy groups -OCH3 is 1. The van der Waals surface area contributed by atoms with Crippen LogP contribution >= 0.6 is 11.8 Å². The van der Waals surface area contributed by atoms with E-state index >= 15 is 0 Å². The molecule has 0 spiro atoms. The summed E-state index contributed by atoms with van der Waals surface area (Å²) in [6.45, 7) is 1.58. The summed E-state index contributed by atoms with van der Waals surface area (Å²) in [5.74, 6) is 0.527. The maximum Gasteiger partial charge on any atom is 0.245 e. The van der Waals surface area contributed by atoms with E-state index in [1.807, 2.05) is 0 Å². The number of carbonyl (C=O) groups excluding carboxylic acids is 1. The molecule has 6 heteroatoms. The Kier molecular flexibility index (Phi) is 9.02. The van der Waals surface area contributed by atoms with Crippen LogP contribution in [-0.4, -0.2) is 45.1 Å². The lowest BCUT2D eigenvalue weighted by Crippen LogP contribution is -2.29. The summed E-state index contributed by atoms with van der Waals surface area (Å²) in [6.07, 6.45) is 0.853. The molecule has 0 radical (unpaired) electrons. The lowest BCUT2D eigenvalue weighted by atomic mass is 10.4. The highest BCUT2D eigenvalue weighted by molar-refractivity contribution is 7.99. The van der Waals surface area contributed by atoms with Gasteiger partial charge in [0.2, 0.25) is 5.91 Å². The van der Waals surface area contributed by atoms with Crippen molar-refractivity contribution in [3.05, 3.63) is 30.1 Å². The molecule has 0 unspecified atom stereocenters. The number of hydrogen-bond acceptors (Lipinski definition) is 4. The van der Waals surface area contributed by atoms with Gasteiger partial charge in [-0.2, -0.15) is 0 Å². The average molecular weight is 301 g/mol. The summed E-state index contributed by atoms with van der Waals surface area (Å²) in [4.78, 5) is 12.4. The number of rotatable bonds is 10. The van der Waals surface area contributed by atoms with E-state index < -0.39 is 0 Å². The van der Waals surface area contributed by atoms with Crippen molar-refractivity contribution < 1.29 is 18.7 Å². The molecule has 0 heterocycles. The zero-order valence-corrected chi connectivity index (χ0v) is 12.4. The van der Waals surface area contributed by atoms with Crippen LogP contribution in [0.4, 0.5) is 4.39 Å². The Labute approximate surface area is 123 Å². The standard InChI is InChI=1S/C14H20FNO3S/c1-18-8-9-19-11-14(17)16-7-2-10-20-13-5-3-12(15)4-6-13/h3-6H,2,7-11H2,1H3,(H,16,17). The van der Waals surface area contributed by atoms with Crippen LogP contribution in [0.5, 0.6) is 0 Å². The van der Waals surface area contributed by atoms with E-state index in [0.29, 0.717) is 19.8 Å². The minimum absolute atomic E-state index is 0.0640. The first-order valence-electron chi connectivity index (χ1n) is 6.44. The lowest BCUT2D eigenvalue weighted by molar-refractivity contribution is -0.126. The molecular weight excluding hydrogens is 281 g/mol. The number of ether oxygens (including phenoxy) is 2. The predicted molar refractivity (Wildman–Crippen MR) is 77.4 cm³/mol. The Bertz CT molecular complexity index is 387. The minimum Gasteiger partial charge on any atom is -0.382 e. The van der Waals surface area contributed by atoms with Crippen molar-refractivity contribution in [1.82, 2.24) is 5.32 Å². The third kappa shape index (κ3) is 8.14. The van der Waals surface area contributed by atoms with E-state index in [-0.39, 0.29) is 18.3 Å². The molecule has 1 aromatic rings. The molecule has 0 aliphatic heterocycles. The van der Waals surface area contributed by atoms with E-state index in [2.05, 4.69) is 5.32 Å². The van der Waals surface area contributed by atoms with Crippen molar-refractivity contribution in [1.29, 1.82) is 0 Å². The first-order chi connectivity index (χ1) is 9.72. The normalized spacial score (nSPS) is 10.5. The fourth-order valence-corrected chi connectivity index (χ4v) is 2.23. The SMILES string of the molecule is COCCOCC(=O)NCCCSc1ccc(F)cc1. The number of carbonyl (C=O) groups is 1. The highest BCUT2D eigenvalue weighted by Crippen LogP contribution is 2.18. The maximum absolute atomic E-state index is 12.7. The summed E-state index contributed by atoms with van der Waals surface area (Å²) >= 11 is 1.64. The van der Waals surface area contributed by atoms with Crippen molar-refractivity contribution in [3.63, 3.8) is 0 Å². The van der Waals surface area contributed by atoms with E-state index in [1.54, 1.807) is 31.0 Å². The summed E-state index contributed by atoms with van der Waals surface area (Å²) in [5.41, 5.74) is 0. The molecule has 1 amide bonds. The van der Waals surface area contributed by atoms with E-state index in [9.17, 15) is 9.18 Å². The van der Waals surface area contributed by atoms with Gasteiger partial charge in [0.05, 0.1) is 13.2 Å². The molecule has 1 N–H and O–H groups in total.